The topological polar surface area (TPSA) is 82.7 Å². The van der Waals surface area contributed by atoms with Gasteiger partial charge in [-0.15, -0.1) is 0 Å². The molecule has 0 atom stereocenters. The van der Waals surface area contributed by atoms with Crippen LogP contribution in [-0.2, 0) is 13.2 Å². The lowest BCUT2D eigenvalue weighted by Gasteiger charge is -2.30. The van der Waals surface area contributed by atoms with Gasteiger partial charge in [-0.25, -0.2) is 9.97 Å². The van der Waals surface area contributed by atoms with Crippen LogP contribution in [0.4, 0.5) is 19.0 Å². The van der Waals surface area contributed by atoms with E-state index in [-0.39, 0.29) is 17.9 Å². The first kappa shape index (κ1) is 23.1. The summed E-state index contributed by atoms with van der Waals surface area (Å²) in [6.07, 6.45) is 4.49. The van der Waals surface area contributed by atoms with Gasteiger partial charge in [-0.1, -0.05) is 0 Å². The zero-order valence-electron chi connectivity index (χ0n) is 19.5. The van der Waals surface area contributed by atoms with Crippen LogP contribution in [0, 0.1) is 0 Å². The number of anilines is 1. The Morgan fingerprint density at radius 3 is 2.63 bits per heavy atom. The molecule has 0 saturated heterocycles. The highest BCUT2D eigenvalue weighted by molar-refractivity contribution is 5.93. The van der Waals surface area contributed by atoms with Gasteiger partial charge in [0.05, 0.1) is 23.9 Å². The van der Waals surface area contributed by atoms with Crippen LogP contribution in [0.2, 0.25) is 0 Å². The zero-order valence-corrected chi connectivity index (χ0v) is 19.5. The Hall–Kier alpha value is -3.63. The number of alkyl halides is 3. The van der Waals surface area contributed by atoms with Crippen molar-refractivity contribution in [3.05, 3.63) is 48.7 Å². The fourth-order valence-corrected chi connectivity index (χ4v) is 4.63. The maximum absolute atomic E-state index is 13.3. The fraction of sp³-hybridized carbons (Fsp3) is 0.417. The third kappa shape index (κ3) is 4.67. The molecule has 1 aliphatic rings. The second-order valence-corrected chi connectivity index (χ2v) is 8.71. The van der Waals surface area contributed by atoms with Crippen LogP contribution in [0.5, 0.6) is 5.75 Å². The predicted molar refractivity (Wildman–Crippen MR) is 125 cm³/mol. The van der Waals surface area contributed by atoms with E-state index in [4.69, 9.17) is 9.84 Å². The largest absolute Gasteiger partial charge is 0.488 e. The predicted octanol–water partition coefficient (Wildman–Crippen LogP) is 5.24. The van der Waals surface area contributed by atoms with Gasteiger partial charge >= 0.3 is 6.18 Å². The molecule has 8 nitrogen and oxygen atoms in total. The maximum atomic E-state index is 13.3. The van der Waals surface area contributed by atoms with Crippen LogP contribution in [0.1, 0.15) is 44.3 Å². The molecule has 0 aliphatic heterocycles. The number of aryl methyl sites for hydroxylation is 1. The molecular formula is C24H26F3N7O. The number of hydrogen-bond acceptors (Lipinski definition) is 6. The van der Waals surface area contributed by atoms with Gasteiger partial charge in [0.25, 0.3) is 0 Å². The van der Waals surface area contributed by atoms with E-state index in [0.717, 1.165) is 53.6 Å². The summed E-state index contributed by atoms with van der Waals surface area (Å²) in [6, 6.07) is 4.88. The molecule has 1 N–H and O–H groups in total. The van der Waals surface area contributed by atoms with Gasteiger partial charge < -0.3 is 10.1 Å². The highest BCUT2D eigenvalue weighted by atomic mass is 19.4. The first-order valence-electron chi connectivity index (χ1n) is 11.6. The highest BCUT2D eigenvalue weighted by Gasteiger charge is 2.37. The summed E-state index contributed by atoms with van der Waals surface area (Å²) >= 11 is 0. The molecule has 1 fully saturated rings. The maximum Gasteiger partial charge on any atom is 0.437 e. The zero-order chi connectivity index (χ0) is 24.6. The minimum absolute atomic E-state index is 0.0932. The average molecular weight is 486 g/mol. The summed E-state index contributed by atoms with van der Waals surface area (Å²) in [5.41, 5.74) is 1.70. The molecule has 4 aromatic heterocycles. The molecule has 0 aromatic carbocycles. The monoisotopic (exact) mass is 485 g/mol. The van der Waals surface area contributed by atoms with Crippen molar-refractivity contribution in [1.29, 1.82) is 0 Å². The van der Waals surface area contributed by atoms with E-state index in [1.165, 1.54) is 12.1 Å². The second-order valence-electron chi connectivity index (χ2n) is 8.71. The average Bonchev–Trinajstić information content (AvgIpc) is 3.43. The Labute approximate surface area is 200 Å². The number of halogens is 3. The third-order valence-corrected chi connectivity index (χ3v) is 6.25. The van der Waals surface area contributed by atoms with Crippen molar-refractivity contribution in [1.82, 2.24) is 29.5 Å². The van der Waals surface area contributed by atoms with Crippen molar-refractivity contribution in [2.24, 2.45) is 7.05 Å². The van der Waals surface area contributed by atoms with E-state index < -0.39 is 11.9 Å². The minimum atomic E-state index is -4.55. The lowest BCUT2D eigenvalue weighted by Crippen LogP contribution is -2.27. The molecular weight excluding hydrogens is 459 g/mol. The normalized spacial score (nSPS) is 18.7. The summed E-state index contributed by atoms with van der Waals surface area (Å²) in [5.74, 6) is 0.556. The fourth-order valence-electron chi connectivity index (χ4n) is 4.63. The molecule has 35 heavy (non-hydrogen) atoms. The number of rotatable bonds is 6. The number of nitrogens with zero attached hydrogens (tertiary/aromatic N) is 6. The van der Waals surface area contributed by atoms with Gasteiger partial charge in [-0.2, -0.15) is 23.4 Å². The number of pyridine rings is 2. The Kier molecular flexibility index (Phi) is 6.08. The Bertz CT molecular complexity index is 1320. The summed E-state index contributed by atoms with van der Waals surface area (Å²) in [7, 11) is 1.86. The van der Waals surface area contributed by atoms with Gasteiger partial charge in [0.15, 0.2) is 11.4 Å². The Morgan fingerprint density at radius 2 is 1.94 bits per heavy atom. The van der Waals surface area contributed by atoms with Gasteiger partial charge in [-0.3, -0.25) is 9.36 Å². The van der Waals surface area contributed by atoms with Crippen LogP contribution in [0.15, 0.2) is 43.0 Å². The van der Waals surface area contributed by atoms with Crippen LogP contribution in [-0.4, -0.2) is 42.2 Å². The number of ether oxygens (including phenoxy) is 1. The van der Waals surface area contributed by atoms with Gasteiger partial charge in [0.2, 0.25) is 0 Å². The van der Waals surface area contributed by atoms with Crippen molar-refractivity contribution in [2.75, 3.05) is 11.9 Å². The molecule has 0 radical (unpaired) electrons. The Morgan fingerprint density at radius 1 is 1.14 bits per heavy atom. The van der Waals surface area contributed by atoms with Gasteiger partial charge in [-0.05, 0) is 44.7 Å². The molecule has 0 unspecified atom stereocenters. The summed E-state index contributed by atoms with van der Waals surface area (Å²) in [4.78, 5) is 8.01. The van der Waals surface area contributed by atoms with E-state index in [1.54, 1.807) is 10.9 Å². The van der Waals surface area contributed by atoms with Crippen molar-refractivity contribution < 1.29 is 17.9 Å². The molecule has 4 aromatic rings. The van der Waals surface area contributed by atoms with Gasteiger partial charge in [0.1, 0.15) is 11.5 Å². The standard InChI is InChI=1S/C24H26F3N7O/c1-3-28-21-11-19-18(13-30-21)22(15-12-31-33(2)14-15)32-34(19)16-6-8-17(9-7-16)35-20-5-4-10-29-23(20)24(25,26)27/h4-5,10-14,16-17H,3,6-9H2,1-2H3,(H,28,30). The summed E-state index contributed by atoms with van der Waals surface area (Å²) < 4.78 is 49.4. The van der Waals surface area contributed by atoms with E-state index in [9.17, 15) is 13.2 Å². The van der Waals surface area contributed by atoms with E-state index in [0.29, 0.717) is 12.8 Å². The van der Waals surface area contributed by atoms with Crippen molar-refractivity contribution in [3.8, 4) is 17.0 Å². The Balaban J connectivity index is 1.39. The molecule has 5 rings (SSSR count). The van der Waals surface area contributed by atoms with E-state index in [2.05, 4.69) is 20.4 Å². The molecule has 0 spiro atoms. The van der Waals surface area contributed by atoms with Gasteiger partial charge in [0, 0.05) is 49.2 Å². The van der Waals surface area contributed by atoms with Crippen LogP contribution < -0.4 is 10.1 Å². The number of aromatic nitrogens is 6. The quantitative estimate of drug-likeness (QED) is 0.402. The van der Waals surface area contributed by atoms with Crippen molar-refractivity contribution >= 4 is 16.7 Å². The number of hydrogen-bond donors (Lipinski definition) is 1. The van der Waals surface area contributed by atoms with E-state index >= 15 is 0 Å². The summed E-state index contributed by atoms with van der Waals surface area (Å²) in [6.45, 7) is 2.76. The summed E-state index contributed by atoms with van der Waals surface area (Å²) in [5, 5.41) is 13.4. The first-order chi connectivity index (χ1) is 16.8. The molecule has 1 aliphatic carbocycles. The SMILES string of the molecule is CCNc1cc2c(cn1)c(-c1cnn(C)c1)nn2C1CCC(Oc2cccnc2C(F)(F)F)CC1. The highest BCUT2D eigenvalue weighted by Crippen LogP contribution is 2.39. The third-order valence-electron chi connectivity index (χ3n) is 6.25. The smallest absolute Gasteiger partial charge is 0.437 e. The second kappa shape index (κ2) is 9.20. The molecule has 4 heterocycles. The lowest BCUT2D eigenvalue weighted by atomic mass is 9.93. The van der Waals surface area contributed by atoms with Crippen molar-refractivity contribution in [2.45, 2.75) is 50.9 Å². The molecule has 184 valence electrons. The van der Waals surface area contributed by atoms with Crippen LogP contribution >= 0.6 is 0 Å². The van der Waals surface area contributed by atoms with Crippen LogP contribution in [0.3, 0.4) is 0 Å². The molecule has 0 bridgehead atoms. The minimum Gasteiger partial charge on any atom is -0.488 e. The molecule has 0 amide bonds. The van der Waals surface area contributed by atoms with Crippen molar-refractivity contribution in [3.63, 3.8) is 0 Å². The molecule has 1 saturated carbocycles. The lowest BCUT2D eigenvalue weighted by molar-refractivity contribution is -0.143. The van der Waals surface area contributed by atoms with E-state index in [1.807, 2.05) is 37.1 Å². The number of fused-ring (bicyclic) bond motifs is 1. The first-order valence-corrected chi connectivity index (χ1v) is 11.6. The molecule has 11 heteroatoms. The number of nitrogens with one attached hydrogen (secondary N) is 1. The van der Waals surface area contributed by atoms with Crippen LogP contribution in [0.25, 0.3) is 22.2 Å².